The van der Waals surface area contributed by atoms with Gasteiger partial charge in [0.15, 0.2) is 0 Å². The quantitative estimate of drug-likeness (QED) is 0.737. The van der Waals surface area contributed by atoms with E-state index in [0.29, 0.717) is 0 Å². The van der Waals surface area contributed by atoms with Crippen molar-refractivity contribution in [2.75, 3.05) is 0 Å². The van der Waals surface area contributed by atoms with Gasteiger partial charge in [-0.1, -0.05) is 13.0 Å². The first kappa shape index (κ1) is 13.0. The van der Waals surface area contributed by atoms with Gasteiger partial charge in [-0.05, 0) is 47.9 Å². The molecule has 0 bridgehead atoms. The van der Waals surface area contributed by atoms with Crippen LogP contribution in [0.4, 0.5) is 4.39 Å². The summed E-state index contributed by atoms with van der Waals surface area (Å²) in [5, 5.41) is -0.173. The van der Waals surface area contributed by atoms with Crippen LogP contribution < -0.4 is 0 Å². The molecule has 1 aromatic heterocycles. The van der Waals surface area contributed by atoms with Crippen molar-refractivity contribution in [3.63, 3.8) is 0 Å². The van der Waals surface area contributed by atoms with Crippen molar-refractivity contribution in [1.29, 1.82) is 0 Å². The fourth-order valence-electron chi connectivity index (χ4n) is 2.05. The zero-order valence-electron chi connectivity index (χ0n) is 10.4. The van der Waals surface area contributed by atoms with Gasteiger partial charge in [-0.15, -0.1) is 11.6 Å². The normalized spacial score (nSPS) is 14.2. The highest BCUT2D eigenvalue weighted by Gasteiger charge is 2.20. The zero-order valence-corrected chi connectivity index (χ0v) is 11.2. The van der Waals surface area contributed by atoms with Gasteiger partial charge in [-0.3, -0.25) is 4.98 Å². The number of nitrogens with zero attached hydrogens (tertiary/aromatic N) is 1. The van der Waals surface area contributed by atoms with Crippen LogP contribution in [0.5, 0.6) is 0 Å². The highest BCUT2D eigenvalue weighted by atomic mass is 35.5. The lowest BCUT2D eigenvalue weighted by molar-refractivity contribution is 0.623. The Balaban J connectivity index is 2.28. The molecule has 1 heterocycles. The molecule has 2 atom stereocenters. The number of benzene rings is 1. The third-order valence-corrected chi connectivity index (χ3v) is 3.81. The molecule has 0 aliphatic carbocycles. The van der Waals surface area contributed by atoms with Crippen molar-refractivity contribution in [3.05, 3.63) is 65.2 Å². The van der Waals surface area contributed by atoms with E-state index in [-0.39, 0.29) is 17.1 Å². The summed E-state index contributed by atoms with van der Waals surface area (Å²) in [6.45, 7) is 3.95. The van der Waals surface area contributed by atoms with Crippen LogP contribution in [-0.4, -0.2) is 4.98 Å². The van der Waals surface area contributed by atoms with Crippen LogP contribution in [0.1, 0.15) is 34.9 Å². The van der Waals surface area contributed by atoms with E-state index in [4.69, 9.17) is 11.6 Å². The van der Waals surface area contributed by atoms with Crippen molar-refractivity contribution >= 4 is 11.6 Å². The summed E-state index contributed by atoms with van der Waals surface area (Å²) in [5.41, 5.74) is 2.99. The average molecular weight is 264 g/mol. The molecule has 18 heavy (non-hydrogen) atoms. The van der Waals surface area contributed by atoms with E-state index in [1.54, 1.807) is 18.5 Å². The number of pyridine rings is 1. The first-order chi connectivity index (χ1) is 8.59. The summed E-state index contributed by atoms with van der Waals surface area (Å²) in [5.74, 6) is -0.0736. The molecule has 2 unspecified atom stereocenters. The van der Waals surface area contributed by atoms with Crippen LogP contribution in [0.25, 0.3) is 0 Å². The van der Waals surface area contributed by atoms with Gasteiger partial charge in [0.05, 0.1) is 5.38 Å². The van der Waals surface area contributed by atoms with Crippen LogP contribution >= 0.6 is 11.6 Å². The molecule has 0 amide bonds. The summed E-state index contributed by atoms with van der Waals surface area (Å²) in [6, 6.07) is 8.65. The number of hydrogen-bond donors (Lipinski definition) is 0. The second-order valence-electron chi connectivity index (χ2n) is 4.47. The zero-order chi connectivity index (χ0) is 13.1. The Morgan fingerprint density at radius 3 is 2.44 bits per heavy atom. The Hall–Kier alpha value is -1.41. The number of rotatable bonds is 3. The van der Waals surface area contributed by atoms with E-state index in [2.05, 4.69) is 11.9 Å². The Bertz CT molecular complexity index is 527. The molecule has 94 valence electrons. The number of aromatic nitrogens is 1. The van der Waals surface area contributed by atoms with Crippen LogP contribution in [0.2, 0.25) is 0 Å². The van der Waals surface area contributed by atoms with Gasteiger partial charge < -0.3 is 0 Å². The molecule has 1 aromatic carbocycles. The smallest absolute Gasteiger partial charge is 0.123 e. The minimum Gasteiger partial charge on any atom is -0.265 e. The van der Waals surface area contributed by atoms with Crippen LogP contribution in [0, 0.1) is 12.7 Å². The first-order valence-corrected chi connectivity index (χ1v) is 6.33. The summed E-state index contributed by atoms with van der Waals surface area (Å²) in [4.78, 5) is 4.00. The van der Waals surface area contributed by atoms with Crippen molar-refractivity contribution < 1.29 is 4.39 Å². The minimum absolute atomic E-state index is 0.152. The maximum Gasteiger partial charge on any atom is 0.123 e. The van der Waals surface area contributed by atoms with Gasteiger partial charge in [0.2, 0.25) is 0 Å². The molecule has 2 rings (SSSR count). The molecule has 2 aromatic rings. The predicted octanol–water partition coefficient (Wildman–Crippen LogP) is 4.61. The molecule has 0 saturated heterocycles. The second-order valence-corrected chi connectivity index (χ2v) is 4.94. The Kier molecular flexibility index (Phi) is 3.97. The lowest BCUT2D eigenvalue weighted by Gasteiger charge is -2.20. The molecule has 0 aliphatic heterocycles. The topological polar surface area (TPSA) is 12.9 Å². The molecule has 0 fully saturated rings. The SMILES string of the molecule is Cc1cc(F)ccc1C(Cl)C(C)c1ccncc1. The summed E-state index contributed by atoms with van der Waals surface area (Å²) < 4.78 is 13.1. The van der Waals surface area contributed by atoms with Gasteiger partial charge in [-0.25, -0.2) is 4.39 Å². The Labute approximate surface area is 112 Å². The van der Waals surface area contributed by atoms with Crippen molar-refractivity contribution in [1.82, 2.24) is 4.98 Å². The Morgan fingerprint density at radius 1 is 1.17 bits per heavy atom. The number of halogens is 2. The van der Waals surface area contributed by atoms with Gasteiger partial charge in [0, 0.05) is 18.3 Å². The molecule has 0 saturated carbocycles. The summed E-state index contributed by atoms with van der Waals surface area (Å²) in [6.07, 6.45) is 3.51. The number of hydrogen-bond acceptors (Lipinski definition) is 1. The minimum atomic E-state index is -0.225. The highest BCUT2D eigenvalue weighted by molar-refractivity contribution is 6.21. The van der Waals surface area contributed by atoms with E-state index in [9.17, 15) is 4.39 Å². The fourth-order valence-corrected chi connectivity index (χ4v) is 2.44. The maximum absolute atomic E-state index is 13.1. The average Bonchev–Trinajstić information content (AvgIpc) is 2.38. The van der Waals surface area contributed by atoms with E-state index < -0.39 is 0 Å². The predicted molar refractivity (Wildman–Crippen MR) is 72.4 cm³/mol. The standard InChI is InChI=1S/C15H15ClFN/c1-10-9-13(17)3-4-14(10)15(16)11(2)12-5-7-18-8-6-12/h3-9,11,15H,1-2H3. The molecule has 1 nitrogen and oxygen atoms in total. The molecule has 0 N–H and O–H groups in total. The van der Waals surface area contributed by atoms with Gasteiger partial charge >= 0.3 is 0 Å². The molecule has 0 radical (unpaired) electrons. The largest absolute Gasteiger partial charge is 0.265 e. The van der Waals surface area contributed by atoms with E-state index in [1.807, 2.05) is 19.1 Å². The molecule has 3 heteroatoms. The summed E-state index contributed by atoms with van der Waals surface area (Å²) in [7, 11) is 0. The lowest BCUT2D eigenvalue weighted by Crippen LogP contribution is -2.04. The van der Waals surface area contributed by atoms with Crippen molar-refractivity contribution in [3.8, 4) is 0 Å². The fraction of sp³-hybridized carbons (Fsp3) is 0.267. The first-order valence-electron chi connectivity index (χ1n) is 5.89. The molecule has 0 spiro atoms. The third-order valence-electron chi connectivity index (χ3n) is 3.20. The van der Waals surface area contributed by atoms with Crippen LogP contribution in [0.3, 0.4) is 0 Å². The van der Waals surface area contributed by atoms with Gasteiger partial charge in [-0.2, -0.15) is 0 Å². The van der Waals surface area contributed by atoms with Crippen molar-refractivity contribution in [2.45, 2.75) is 25.1 Å². The van der Waals surface area contributed by atoms with E-state index in [0.717, 1.165) is 16.7 Å². The number of alkyl halides is 1. The number of aryl methyl sites for hydroxylation is 1. The van der Waals surface area contributed by atoms with Gasteiger partial charge in [0.25, 0.3) is 0 Å². The maximum atomic E-state index is 13.1. The van der Waals surface area contributed by atoms with Gasteiger partial charge in [0.1, 0.15) is 5.82 Å². The molecular formula is C15H15ClFN. The second kappa shape index (κ2) is 5.49. The summed E-state index contributed by atoms with van der Waals surface area (Å²) >= 11 is 6.51. The highest BCUT2D eigenvalue weighted by Crippen LogP contribution is 2.37. The van der Waals surface area contributed by atoms with Crippen molar-refractivity contribution in [2.24, 2.45) is 0 Å². The van der Waals surface area contributed by atoms with Crippen LogP contribution in [-0.2, 0) is 0 Å². The monoisotopic (exact) mass is 263 g/mol. The third kappa shape index (κ3) is 2.70. The lowest BCUT2D eigenvalue weighted by atomic mass is 9.92. The molecular weight excluding hydrogens is 249 g/mol. The van der Waals surface area contributed by atoms with E-state index >= 15 is 0 Å². The molecule has 0 aliphatic rings. The Morgan fingerprint density at radius 2 is 1.83 bits per heavy atom. The van der Waals surface area contributed by atoms with E-state index in [1.165, 1.54) is 12.1 Å². The van der Waals surface area contributed by atoms with Crippen LogP contribution in [0.15, 0.2) is 42.7 Å².